The molecule has 0 aliphatic heterocycles. The number of anilines is 1. The summed E-state index contributed by atoms with van der Waals surface area (Å²) in [6.45, 7) is 8.08. The highest BCUT2D eigenvalue weighted by molar-refractivity contribution is 7.13. The number of hydrogen-bond donors (Lipinski definition) is 1. The molecule has 1 N–H and O–H groups in total. The van der Waals surface area contributed by atoms with Crippen LogP contribution < -0.4 is 10.2 Å². The van der Waals surface area contributed by atoms with Crippen LogP contribution in [0.5, 0.6) is 0 Å². The van der Waals surface area contributed by atoms with Crippen LogP contribution in [0.1, 0.15) is 45.7 Å². The van der Waals surface area contributed by atoms with Crippen molar-refractivity contribution < 1.29 is 0 Å². The Hall–Kier alpha value is -1.12. The van der Waals surface area contributed by atoms with Gasteiger partial charge in [-0.2, -0.15) is 5.26 Å². The van der Waals surface area contributed by atoms with Crippen LogP contribution in [0, 0.1) is 11.3 Å². The Morgan fingerprint density at radius 1 is 1.53 bits per heavy atom. The van der Waals surface area contributed by atoms with Crippen LogP contribution >= 0.6 is 11.3 Å². The molecule has 0 radical (unpaired) electrons. The van der Waals surface area contributed by atoms with Crippen LogP contribution in [0.25, 0.3) is 0 Å². The second-order valence-corrected chi connectivity index (χ2v) is 6.89. The summed E-state index contributed by atoms with van der Waals surface area (Å²) in [6, 6.07) is 2.84. The van der Waals surface area contributed by atoms with Gasteiger partial charge < -0.3 is 10.2 Å². The standard InChI is InChI=1S/C14H22N4S/c1-14(2,3)16-9-11-10-19-13(17-11)18(8-4-7-15)12-5-6-12/h10,12,16H,4-6,8-9H2,1-3H3. The van der Waals surface area contributed by atoms with Gasteiger partial charge in [-0.25, -0.2) is 4.98 Å². The smallest absolute Gasteiger partial charge is 0.185 e. The highest BCUT2D eigenvalue weighted by Gasteiger charge is 2.30. The Morgan fingerprint density at radius 2 is 2.26 bits per heavy atom. The molecule has 2 rings (SSSR count). The molecule has 0 unspecified atom stereocenters. The summed E-state index contributed by atoms with van der Waals surface area (Å²) in [5.74, 6) is 0. The number of rotatable bonds is 6. The van der Waals surface area contributed by atoms with E-state index in [1.165, 1.54) is 12.8 Å². The molecule has 0 atom stereocenters. The Morgan fingerprint density at radius 3 is 2.84 bits per heavy atom. The molecule has 1 heterocycles. The van der Waals surface area contributed by atoms with Gasteiger partial charge in [-0.05, 0) is 33.6 Å². The van der Waals surface area contributed by atoms with E-state index in [4.69, 9.17) is 10.2 Å². The predicted octanol–water partition coefficient (Wildman–Crippen LogP) is 2.91. The summed E-state index contributed by atoms with van der Waals surface area (Å²) >= 11 is 1.69. The summed E-state index contributed by atoms with van der Waals surface area (Å²) < 4.78 is 0. The molecule has 0 amide bonds. The normalized spacial score (nSPS) is 15.3. The van der Waals surface area contributed by atoms with Crippen LogP contribution in [0.4, 0.5) is 5.13 Å². The summed E-state index contributed by atoms with van der Waals surface area (Å²) in [5.41, 5.74) is 1.21. The Labute approximate surface area is 119 Å². The summed E-state index contributed by atoms with van der Waals surface area (Å²) in [7, 11) is 0. The van der Waals surface area contributed by atoms with E-state index in [0.717, 1.165) is 23.9 Å². The van der Waals surface area contributed by atoms with Crippen molar-refractivity contribution in [3.8, 4) is 6.07 Å². The lowest BCUT2D eigenvalue weighted by Crippen LogP contribution is -2.35. The average Bonchev–Trinajstić information content (AvgIpc) is 3.05. The van der Waals surface area contributed by atoms with Gasteiger partial charge in [0, 0.05) is 30.1 Å². The highest BCUT2D eigenvalue weighted by Crippen LogP contribution is 2.33. The molecule has 1 saturated carbocycles. The van der Waals surface area contributed by atoms with Gasteiger partial charge in [-0.15, -0.1) is 11.3 Å². The first-order chi connectivity index (χ1) is 8.99. The van der Waals surface area contributed by atoms with E-state index in [2.05, 4.69) is 42.4 Å². The van der Waals surface area contributed by atoms with Crippen LogP contribution in [0.2, 0.25) is 0 Å². The van der Waals surface area contributed by atoms with Crippen molar-refractivity contribution in [1.29, 1.82) is 5.26 Å². The zero-order valence-electron chi connectivity index (χ0n) is 11.9. The Balaban J connectivity index is 1.96. The van der Waals surface area contributed by atoms with Gasteiger partial charge in [0.1, 0.15) is 0 Å². The molecule has 5 heteroatoms. The fourth-order valence-electron chi connectivity index (χ4n) is 1.86. The van der Waals surface area contributed by atoms with E-state index in [1.54, 1.807) is 11.3 Å². The van der Waals surface area contributed by atoms with Crippen molar-refractivity contribution in [2.24, 2.45) is 0 Å². The minimum Gasteiger partial charge on any atom is -0.344 e. The van der Waals surface area contributed by atoms with Crippen molar-refractivity contribution in [2.75, 3.05) is 11.4 Å². The monoisotopic (exact) mass is 278 g/mol. The van der Waals surface area contributed by atoms with Gasteiger partial charge in [-0.3, -0.25) is 0 Å². The Kier molecular flexibility index (Phi) is 4.43. The molecular weight excluding hydrogens is 256 g/mol. The average molecular weight is 278 g/mol. The van der Waals surface area contributed by atoms with Crippen molar-refractivity contribution >= 4 is 16.5 Å². The van der Waals surface area contributed by atoms with Crippen molar-refractivity contribution in [2.45, 2.75) is 58.2 Å². The van der Waals surface area contributed by atoms with E-state index in [1.807, 2.05) is 0 Å². The van der Waals surface area contributed by atoms with Crippen molar-refractivity contribution in [1.82, 2.24) is 10.3 Å². The van der Waals surface area contributed by atoms with Crippen molar-refractivity contribution in [3.63, 3.8) is 0 Å². The SMILES string of the molecule is CC(C)(C)NCc1csc(N(CCC#N)C2CC2)n1. The highest BCUT2D eigenvalue weighted by atomic mass is 32.1. The predicted molar refractivity (Wildman–Crippen MR) is 79.3 cm³/mol. The van der Waals surface area contributed by atoms with Crippen LogP contribution in [0.3, 0.4) is 0 Å². The lowest BCUT2D eigenvalue weighted by Gasteiger charge is -2.20. The summed E-state index contributed by atoms with van der Waals surface area (Å²) in [4.78, 5) is 7.00. The van der Waals surface area contributed by atoms with Gasteiger partial charge in [0.25, 0.3) is 0 Å². The number of thiazole rings is 1. The van der Waals surface area contributed by atoms with E-state index in [9.17, 15) is 0 Å². The molecule has 1 aromatic rings. The zero-order chi connectivity index (χ0) is 13.9. The third-order valence-corrected chi connectivity index (χ3v) is 3.96. The molecule has 19 heavy (non-hydrogen) atoms. The molecule has 0 spiro atoms. The number of hydrogen-bond acceptors (Lipinski definition) is 5. The van der Waals surface area contributed by atoms with Gasteiger partial charge >= 0.3 is 0 Å². The first-order valence-electron chi connectivity index (χ1n) is 6.82. The second kappa shape index (κ2) is 5.89. The number of aromatic nitrogens is 1. The van der Waals surface area contributed by atoms with Gasteiger partial charge in [-0.1, -0.05) is 0 Å². The molecule has 4 nitrogen and oxygen atoms in total. The number of nitrogens with one attached hydrogen (secondary N) is 1. The summed E-state index contributed by atoms with van der Waals surface area (Å²) in [5, 5.41) is 15.4. The maximum atomic E-state index is 8.74. The molecule has 0 saturated heterocycles. The summed E-state index contributed by atoms with van der Waals surface area (Å²) in [6.07, 6.45) is 3.05. The fraction of sp³-hybridized carbons (Fsp3) is 0.714. The topological polar surface area (TPSA) is 52.0 Å². The third-order valence-electron chi connectivity index (χ3n) is 3.04. The van der Waals surface area contributed by atoms with E-state index < -0.39 is 0 Å². The molecule has 0 aromatic carbocycles. The lowest BCUT2D eigenvalue weighted by atomic mass is 10.1. The quantitative estimate of drug-likeness (QED) is 0.869. The van der Waals surface area contributed by atoms with Crippen molar-refractivity contribution in [3.05, 3.63) is 11.1 Å². The molecule has 1 aliphatic carbocycles. The van der Waals surface area contributed by atoms with Gasteiger partial charge in [0.05, 0.1) is 18.2 Å². The molecule has 104 valence electrons. The molecule has 1 aliphatic rings. The lowest BCUT2D eigenvalue weighted by molar-refractivity contribution is 0.422. The van der Waals surface area contributed by atoms with Gasteiger partial charge in [0.15, 0.2) is 5.13 Å². The van der Waals surface area contributed by atoms with E-state index >= 15 is 0 Å². The maximum Gasteiger partial charge on any atom is 0.185 e. The molecular formula is C14H22N4S. The minimum atomic E-state index is 0.112. The zero-order valence-corrected chi connectivity index (χ0v) is 12.8. The van der Waals surface area contributed by atoms with E-state index in [-0.39, 0.29) is 5.54 Å². The van der Waals surface area contributed by atoms with E-state index in [0.29, 0.717) is 12.5 Å². The van der Waals surface area contributed by atoms with Crippen LogP contribution in [-0.2, 0) is 6.54 Å². The van der Waals surface area contributed by atoms with Gasteiger partial charge in [0.2, 0.25) is 0 Å². The molecule has 1 aromatic heterocycles. The number of nitrogens with zero attached hydrogens (tertiary/aromatic N) is 3. The first kappa shape index (κ1) is 14.3. The maximum absolute atomic E-state index is 8.74. The first-order valence-corrected chi connectivity index (χ1v) is 7.70. The number of nitriles is 1. The largest absolute Gasteiger partial charge is 0.344 e. The Bertz CT molecular complexity index is 451. The second-order valence-electron chi connectivity index (χ2n) is 6.06. The third kappa shape index (κ3) is 4.48. The fourth-order valence-corrected chi connectivity index (χ4v) is 2.78. The molecule has 0 bridgehead atoms. The van der Waals surface area contributed by atoms with Crippen LogP contribution in [-0.4, -0.2) is 23.1 Å². The van der Waals surface area contributed by atoms with Crippen LogP contribution in [0.15, 0.2) is 5.38 Å². The molecule has 1 fully saturated rings. The minimum absolute atomic E-state index is 0.112.